The molecule has 182 valence electrons. The second-order valence-electron chi connectivity index (χ2n) is 7.70. The van der Waals surface area contributed by atoms with Crippen LogP contribution >= 0.6 is 19.5 Å². The van der Waals surface area contributed by atoms with Gasteiger partial charge in [0.2, 0.25) is 0 Å². The lowest BCUT2D eigenvalue weighted by Gasteiger charge is -2.25. The molecule has 35 heavy (non-hydrogen) atoms. The Morgan fingerprint density at radius 2 is 1.86 bits per heavy atom. The van der Waals surface area contributed by atoms with Crippen LogP contribution in [0, 0.1) is 10.3 Å². The molecule has 0 radical (unpaired) electrons. The van der Waals surface area contributed by atoms with E-state index < -0.39 is 5.97 Å². The third kappa shape index (κ3) is 7.10. The summed E-state index contributed by atoms with van der Waals surface area (Å²) in [6.45, 7) is 9.99. The Kier molecular flexibility index (Phi) is 9.76. The lowest BCUT2D eigenvalue weighted by molar-refractivity contribution is -0.137. The molecule has 0 spiro atoms. The number of ether oxygens (including phenoxy) is 2. The van der Waals surface area contributed by atoms with Crippen LogP contribution in [0.5, 0.6) is 5.75 Å². The zero-order chi connectivity index (χ0) is 25.2. The highest BCUT2D eigenvalue weighted by Gasteiger charge is 2.13. The van der Waals surface area contributed by atoms with E-state index in [1.807, 2.05) is 12.1 Å². The fraction of sp³-hybridized carbons (Fsp3) is 0.259. The molecule has 8 heteroatoms. The van der Waals surface area contributed by atoms with Gasteiger partial charge in [-0.25, -0.2) is 4.79 Å². The molecule has 0 aliphatic carbocycles. The van der Waals surface area contributed by atoms with Gasteiger partial charge in [0.15, 0.2) is 5.78 Å². The summed E-state index contributed by atoms with van der Waals surface area (Å²) in [7, 11) is 1.17. The van der Waals surface area contributed by atoms with Crippen LogP contribution < -0.4 is 4.74 Å². The van der Waals surface area contributed by atoms with Crippen molar-refractivity contribution in [3.05, 3.63) is 72.7 Å². The Balaban J connectivity index is 1.73. The van der Waals surface area contributed by atoms with E-state index in [1.54, 1.807) is 16.2 Å². The number of hydrogen-bond acceptors (Lipinski definition) is 6. The number of hydrogen-bond donors (Lipinski definition) is 1. The van der Waals surface area contributed by atoms with Crippen LogP contribution in [0.3, 0.4) is 0 Å². The quantitative estimate of drug-likeness (QED) is 0.0800. The van der Waals surface area contributed by atoms with Crippen LogP contribution in [0.15, 0.2) is 67.8 Å². The van der Waals surface area contributed by atoms with Crippen molar-refractivity contribution in [3.63, 3.8) is 0 Å². The summed E-state index contributed by atoms with van der Waals surface area (Å²) in [5, 5.41) is 10.9. The number of allylic oxidation sites excluding steroid dienone is 1. The third-order valence-electron chi connectivity index (χ3n) is 5.40. The van der Waals surface area contributed by atoms with E-state index in [0.29, 0.717) is 31.7 Å². The van der Waals surface area contributed by atoms with Crippen LogP contribution in [0.4, 0.5) is 0 Å². The molecule has 0 aliphatic rings. The van der Waals surface area contributed by atoms with Gasteiger partial charge in [-0.15, -0.1) is 11.3 Å². The molecule has 0 fully saturated rings. The highest BCUT2D eigenvalue weighted by atomic mass is 32.1. The average molecular weight is 509 g/mol. The minimum absolute atomic E-state index is 0.0402. The molecular formula is C27H29N2O4PS. The van der Waals surface area contributed by atoms with Gasteiger partial charge in [0.1, 0.15) is 24.8 Å². The first kappa shape index (κ1) is 26.3. The molecule has 6 nitrogen and oxygen atoms in total. The fourth-order valence-corrected chi connectivity index (χ4v) is 5.70. The lowest BCUT2D eigenvalue weighted by Crippen LogP contribution is -2.38. The molecular weight excluding hydrogens is 479 g/mol. The van der Waals surface area contributed by atoms with Gasteiger partial charge in [-0.1, -0.05) is 39.6 Å². The Morgan fingerprint density at radius 1 is 1.09 bits per heavy atom. The van der Waals surface area contributed by atoms with Gasteiger partial charge in [0.25, 0.3) is 0 Å². The number of ketones is 1. The second kappa shape index (κ2) is 13.0. The summed E-state index contributed by atoms with van der Waals surface area (Å²) < 4.78 is 13.5. The van der Waals surface area contributed by atoms with E-state index in [-0.39, 0.29) is 24.8 Å². The molecule has 0 aliphatic heterocycles. The number of carbonyl (C=O) groups excluding carboxylic acids is 2. The average Bonchev–Trinajstić information content (AvgIpc) is 2.88. The third-order valence-corrected chi connectivity index (χ3v) is 7.48. The van der Waals surface area contributed by atoms with Crippen molar-refractivity contribution in [1.29, 1.82) is 5.41 Å². The van der Waals surface area contributed by atoms with Gasteiger partial charge < -0.3 is 14.4 Å². The number of fused-ring (bicyclic) bond motifs is 2. The van der Waals surface area contributed by atoms with Crippen LogP contribution in [-0.4, -0.2) is 55.5 Å². The van der Waals surface area contributed by atoms with Crippen molar-refractivity contribution in [2.24, 2.45) is 0 Å². The van der Waals surface area contributed by atoms with Gasteiger partial charge in [0.05, 0.1) is 6.54 Å². The number of rotatable bonds is 12. The predicted octanol–water partition coefficient (Wildman–Crippen LogP) is 6.09. The first-order valence-electron chi connectivity index (χ1n) is 11.2. The highest BCUT2D eigenvalue weighted by Crippen LogP contribution is 2.34. The van der Waals surface area contributed by atoms with Crippen LogP contribution in [0.25, 0.3) is 20.2 Å². The molecule has 3 rings (SSSR count). The first-order valence-corrected chi connectivity index (χ1v) is 13.4. The normalized spacial score (nSPS) is 11.3. The van der Waals surface area contributed by atoms with E-state index in [9.17, 15) is 9.59 Å². The fourth-order valence-electron chi connectivity index (χ4n) is 3.61. The Hall–Kier alpha value is -3.28. The molecule has 3 aromatic rings. The van der Waals surface area contributed by atoms with Crippen molar-refractivity contribution >= 4 is 57.3 Å². The van der Waals surface area contributed by atoms with Crippen molar-refractivity contribution < 1.29 is 19.1 Å². The SMILES string of the molecule is C=CC(=O)CCCN(CCOC(=O)C=C)C(=N)COc1ccc2sc3ccccc3/c(=P\C)c2c1. The number of nitrogens with one attached hydrogen (secondary N) is 1. The summed E-state index contributed by atoms with van der Waals surface area (Å²) in [5.74, 6) is 0.391. The van der Waals surface area contributed by atoms with Crippen LogP contribution in [-0.2, 0) is 14.3 Å². The first-order chi connectivity index (χ1) is 17.0. The Bertz CT molecular complexity index is 1310. The summed E-state index contributed by atoms with van der Waals surface area (Å²) >= 11 is 1.75. The van der Waals surface area contributed by atoms with Gasteiger partial charge in [0, 0.05) is 44.2 Å². The topological polar surface area (TPSA) is 79.7 Å². The Morgan fingerprint density at radius 3 is 2.60 bits per heavy atom. The molecule has 1 heterocycles. The van der Waals surface area contributed by atoms with Crippen LogP contribution in [0.1, 0.15) is 12.8 Å². The van der Waals surface area contributed by atoms with Crippen molar-refractivity contribution in [2.75, 3.05) is 33.0 Å². The largest absolute Gasteiger partial charge is 0.486 e. The summed E-state index contributed by atoms with van der Waals surface area (Å²) in [4.78, 5) is 25.9. The van der Waals surface area contributed by atoms with E-state index >= 15 is 0 Å². The molecule has 0 saturated heterocycles. The lowest BCUT2D eigenvalue weighted by atomic mass is 10.2. The molecule has 1 aromatic heterocycles. The molecule has 2 aromatic carbocycles. The smallest absolute Gasteiger partial charge is 0.330 e. The van der Waals surface area contributed by atoms with E-state index in [2.05, 4.69) is 50.2 Å². The molecule has 0 atom stereocenters. The maximum Gasteiger partial charge on any atom is 0.330 e. The maximum atomic E-state index is 11.6. The van der Waals surface area contributed by atoms with Gasteiger partial charge >= 0.3 is 5.97 Å². The van der Waals surface area contributed by atoms with Crippen molar-refractivity contribution in [2.45, 2.75) is 12.8 Å². The highest BCUT2D eigenvalue weighted by molar-refractivity contribution is 7.30. The molecule has 0 bridgehead atoms. The van der Waals surface area contributed by atoms with E-state index in [1.165, 1.54) is 34.0 Å². The van der Waals surface area contributed by atoms with E-state index in [4.69, 9.17) is 14.9 Å². The number of esters is 1. The monoisotopic (exact) mass is 508 g/mol. The summed E-state index contributed by atoms with van der Waals surface area (Å²) in [5.41, 5.74) is 0. The molecule has 1 N–H and O–H groups in total. The van der Waals surface area contributed by atoms with E-state index in [0.717, 1.165) is 11.5 Å². The summed E-state index contributed by atoms with van der Waals surface area (Å²) in [6, 6.07) is 14.4. The molecule has 0 amide bonds. The zero-order valence-electron chi connectivity index (χ0n) is 19.8. The number of amidine groups is 1. The zero-order valence-corrected chi connectivity index (χ0v) is 21.5. The predicted molar refractivity (Wildman–Crippen MR) is 146 cm³/mol. The van der Waals surface area contributed by atoms with Crippen molar-refractivity contribution in [3.8, 4) is 5.75 Å². The number of nitrogens with zero attached hydrogens (tertiary/aromatic N) is 1. The standard InChI is InChI=1S/C27H29N2O4PS/c1-4-19(30)9-8-14-29(15-16-32-26(31)5-2)25(28)18-33-20-12-13-24-22(17-20)27(34-3)21-10-6-7-11-23(21)35-24/h4-7,10-13,17,28H,1-2,8-9,14-16,18H2,3H3. The molecule has 0 saturated carbocycles. The summed E-state index contributed by atoms with van der Waals surface area (Å²) in [6.07, 6.45) is 3.32. The van der Waals surface area contributed by atoms with Gasteiger partial charge in [-0.05, 0) is 43.4 Å². The minimum Gasteiger partial charge on any atom is -0.486 e. The van der Waals surface area contributed by atoms with Gasteiger partial charge in [-0.3, -0.25) is 10.2 Å². The van der Waals surface area contributed by atoms with Gasteiger partial charge in [-0.2, -0.15) is 0 Å². The molecule has 0 unspecified atom stereocenters. The van der Waals surface area contributed by atoms with Crippen LogP contribution in [0.2, 0.25) is 0 Å². The maximum absolute atomic E-state index is 11.6. The van der Waals surface area contributed by atoms with Crippen molar-refractivity contribution in [1.82, 2.24) is 4.90 Å². The minimum atomic E-state index is -0.509. The number of carbonyl (C=O) groups is 2. The number of benzene rings is 2. The second-order valence-corrected chi connectivity index (χ2v) is 9.67. The Labute approximate surface area is 210 Å².